The summed E-state index contributed by atoms with van der Waals surface area (Å²) in [7, 11) is 0. The number of rotatable bonds is 8. The van der Waals surface area contributed by atoms with Crippen molar-refractivity contribution in [3.8, 4) is 0 Å². The molecule has 0 saturated heterocycles. The summed E-state index contributed by atoms with van der Waals surface area (Å²) in [4.78, 5) is 11.4. The van der Waals surface area contributed by atoms with Crippen LogP contribution in [0.15, 0.2) is 0 Å². The number of hydrogen-bond acceptors (Lipinski definition) is 2. The summed E-state index contributed by atoms with van der Waals surface area (Å²) in [6.07, 6.45) is 1.07. The van der Waals surface area contributed by atoms with Crippen LogP contribution in [0.5, 0.6) is 0 Å². The summed E-state index contributed by atoms with van der Waals surface area (Å²) >= 11 is 3.36. The minimum atomic E-state index is -0.108. The molecule has 0 saturated carbocycles. The molecule has 0 aliphatic carbocycles. The molecule has 1 atom stereocenters. The number of halogens is 1. The van der Waals surface area contributed by atoms with Gasteiger partial charge in [-0.15, -0.1) is 0 Å². The fourth-order valence-corrected chi connectivity index (χ4v) is 1.23. The highest BCUT2D eigenvalue weighted by Gasteiger charge is 2.17. The molecule has 16 heavy (non-hydrogen) atoms. The maximum Gasteiger partial charge on any atom is 0.234 e. The van der Waals surface area contributed by atoms with Crippen molar-refractivity contribution in [1.29, 1.82) is 0 Å². The minimum Gasteiger partial charge on any atom is -0.380 e. The molecule has 0 aliphatic heterocycles. The molecular weight excluding hydrogens is 270 g/mol. The van der Waals surface area contributed by atoms with Gasteiger partial charge in [-0.05, 0) is 18.3 Å². The minimum absolute atomic E-state index is 0.0439. The monoisotopic (exact) mass is 293 g/mol. The summed E-state index contributed by atoms with van der Waals surface area (Å²) in [6, 6.07) is 0. The third-order valence-corrected chi connectivity index (χ3v) is 3.69. The molecule has 0 bridgehead atoms. The number of carbonyl (C=O) groups is 1. The van der Waals surface area contributed by atoms with Crippen molar-refractivity contribution < 1.29 is 9.53 Å². The van der Waals surface area contributed by atoms with E-state index in [1.165, 1.54) is 0 Å². The lowest BCUT2D eigenvalue weighted by Gasteiger charge is -2.13. The van der Waals surface area contributed by atoms with E-state index in [-0.39, 0.29) is 10.7 Å². The third-order valence-electron chi connectivity index (χ3n) is 2.22. The molecule has 4 heteroatoms. The fourth-order valence-electron chi connectivity index (χ4n) is 1.07. The maximum atomic E-state index is 11.5. The molecule has 1 amide bonds. The zero-order valence-corrected chi connectivity index (χ0v) is 12.3. The SMILES string of the molecule is CC(C)CCOCCNC(=O)C(Br)C(C)C. The van der Waals surface area contributed by atoms with Crippen LogP contribution in [0.2, 0.25) is 0 Å². The van der Waals surface area contributed by atoms with Gasteiger partial charge in [-0.25, -0.2) is 0 Å². The molecule has 1 N–H and O–H groups in total. The molecular formula is C12H24BrNO2. The Kier molecular flexibility index (Phi) is 8.94. The summed E-state index contributed by atoms with van der Waals surface area (Å²) in [5, 5.41) is 2.84. The highest BCUT2D eigenvalue weighted by Crippen LogP contribution is 2.11. The Bertz CT molecular complexity index is 195. The van der Waals surface area contributed by atoms with Gasteiger partial charge in [0.25, 0.3) is 0 Å². The Morgan fingerprint density at radius 2 is 1.88 bits per heavy atom. The lowest BCUT2D eigenvalue weighted by Crippen LogP contribution is -2.36. The van der Waals surface area contributed by atoms with Gasteiger partial charge in [0.15, 0.2) is 0 Å². The van der Waals surface area contributed by atoms with Gasteiger partial charge in [-0.2, -0.15) is 0 Å². The Balaban J connectivity index is 3.41. The number of hydrogen-bond donors (Lipinski definition) is 1. The van der Waals surface area contributed by atoms with Crippen molar-refractivity contribution in [2.24, 2.45) is 11.8 Å². The molecule has 0 spiro atoms. The van der Waals surface area contributed by atoms with E-state index in [0.717, 1.165) is 13.0 Å². The Hall–Kier alpha value is -0.0900. The van der Waals surface area contributed by atoms with Crippen molar-refractivity contribution in [2.45, 2.75) is 38.9 Å². The van der Waals surface area contributed by atoms with Crippen molar-refractivity contribution >= 4 is 21.8 Å². The number of ether oxygens (including phenoxy) is 1. The van der Waals surface area contributed by atoms with Crippen molar-refractivity contribution in [3.63, 3.8) is 0 Å². The van der Waals surface area contributed by atoms with Gasteiger partial charge in [0.05, 0.1) is 11.4 Å². The summed E-state index contributed by atoms with van der Waals surface area (Å²) in [5.41, 5.74) is 0. The lowest BCUT2D eigenvalue weighted by molar-refractivity contribution is -0.121. The van der Waals surface area contributed by atoms with Gasteiger partial charge in [-0.3, -0.25) is 4.79 Å². The first-order valence-electron chi connectivity index (χ1n) is 5.94. The average molecular weight is 294 g/mol. The standard InChI is InChI=1S/C12H24BrNO2/c1-9(2)5-7-16-8-6-14-12(15)11(13)10(3)4/h9-11H,5-8H2,1-4H3,(H,14,15). The third kappa shape index (κ3) is 8.11. The van der Waals surface area contributed by atoms with Crippen LogP contribution in [0, 0.1) is 11.8 Å². The number of nitrogens with one attached hydrogen (secondary N) is 1. The number of carbonyl (C=O) groups excluding carboxylic acids is 1. The Morgan fingerprint density at radius 1 is 1.25 bits per heavy atom. The van der Waals surface area contributed by atoms with Gasteiger partial charge in [0, 0.05) is 13.2 Å². The molecule has 0 fully saturated rings. The first-order chi connectivity index (χ1) is 7.45. The largest absolute Gasteiger partial charge is 0.380 e. The molecule has 0 radical (unpaired) electrons. The fraction of sp³-hybridized carbons (Fsp3) is 0.917. The van der Waals surface area contributed by atoms with Crippen LogP contribution in [0.1, 0.15) is 34.1 Å². The van der Waals surface area contributed by atoms with Crippen LogP contribution in [0.25, 0.3) is 0 Å². The second-order valence-corrected chi connectivity index (χ2v) is 5.72. The van der Waals surface area contributed by atoms with Crippen LogP contribution in [0.4, 0.5) is 0 Å². The normalized spacial score (nSPS) is 13.2. The van der Waals surface area contributed by atoms with E-state index in [1.54, 1.807) is 0 Å². The first-order valence-corrected chi connectivity index (χ1v) is 6.86. The summed E-state index contributed by atoms with van der Waals surface area (Å²) < 4.78 is 5.41. The zero-order chi connectivity index (χ0) is 12.6. The number of amides is 1. The second-order valence-electron chi connectivity index (χ2n) is 4.73. The molecule has 0 aromatic rings. The molecule has 0 rings (SSSR count). The first kappa shape index (κ1) is 15.9. The van der Waals surface area contributed by atoms with Gasteiger partial charge >= 0.3 is 0 Å². The van der Waals surface area contributed by atoms with E-state index >= 15 is 0 Å². The predicted molar refractivity (Wildman–Crippen MR) is 70.8 cm³/mol. The van der Waals surface area contributed by atoms with E-state index in [9.17, 15) is 4.79 Å². The van der Waals surface area contributed by atoms with Gasteiger partial charge in [0.1, 0.15) is 0 Å². The van der Waals surface area contributed by atoms with E-state index in [2.05, 4.69) is 35.1 Å². The van der Waals surface area contributed by atoms with Crippen LogP contribution in [-0.4, -0.2) is 30.5 Å². The van der Waals surface area contributed by atoms with Crippen LogP contribution < -0.4 is 5.32 Å². The van der Waals surface area contributed by atoms with Crippen molar-refractivity contribution in [3.05, 3.63) is 0 Å². The molecule has 3 nitrogen and oxygen atoms in total. The molecule has 0 heterocycles. The van der Waals surface area contributed by atoms with Crippen molar-refractivity contribution in [1.82, 2.24) is 5.32 Å². The second kappa shape index (κ2) is 8.99. The number of alkyl halides is 1. The molecule has 1 unspecified atom stereocenters. The maximum absolute atomic E-state index is 11.5. The predicted octanol–water partition coefficient (Wildman–Crippen LogP) is 2.58. The topological polar surface area (TPSA) is 38.3 Å². The zero-order valence-electron chi connectivity index (χ0n) is 10.8. The van der Waals surface area contributed by atoms with Gasteiger partial charge in [0.2, 0.25) is 5.91 Å². The van der Waals surface area contributed by atoms with Crippen LogP contribution in [0.3, 0.4) is 0 Å². The van der Waals surface area contributed by atoms with Crippen molar-refractivity contribution in [2.75, 3.05) is 19.8 Å². The summed E-state index contributed by atoms with van der Waals surface area (Å²) in [6.45, 7) is 10.3. The van der Waals surface area contributed by atoms with E-state index in [1.807, 2.05) is 13.8 Å². The summed E-state index contributed by atoms with van der Waals surface area (Å²) in [5.74, 6) is 1.02. The highest BCUT2D eigenvalue weighted by atomic mass is 79.9. The Labute approximate surface area is 107 Å². The molecule has 0 aromatic carbocycles. The van der Waals surface area contributed by atoms with E-state index < -0.39 is 0 Å². The highest BCUT2D eigenvalue weighted by molar-refractivity contribution is 9.10. The van der Waals surface area contributed by atoms with Gasteiger partial charge in [-0.1, -0.05) is 43.6 Å². The smallest absolute Gasteiger partial charge is 0.234 e. The lowest BCUT2D eigenvalue weighted by atomic mass is 10.1. The Morgan fingerprint density at radius 3 is 2.38 bits per heavy atom. The van der Waals surface area contributed by atoms with E-state index in [4.69, 9.17) is 4.74 Å². The van der Waals surface area contributed by atoms with Crippen LogP contribution in [-0.2, 0) is 9.53 Å². The average Bonchev–Trinajstić information content (AvgIpc) is 2.21. The van der Waals surface area contributed by atoms with Gasteiger partial charge < -0.3 is 10.1 Å². The van der Waals surface area contributed by atoms with E-state index in [0.29, 0.717) is 25.0 Å². The molecule has 0 aromatic heterocycles. The van der Waals surface area contributed by atoms with Crippen LogP contribution >= 0.6 is 15.9 Å². The molecule has 96 valence electrons. The quantitative estimate of drug-likeness (QED) is 0.552. The molecule has 0 aliphatic rings.